The highest BCUT2D eigenvalue weighted by Gasteiger charge is 2.26. The minimum absolute atomic E-state index is 0.711. The molecule has 2 aliphatic rings. The van der Waals surface area contributed by atoms with Gasteiger partial charge in [-0.15, -0.1) is 0 Å². The number of hydrogen-bond donors (Lipinski definition) is 0. The standard InChI is InChI=1S/C31H44O/c1-3-32-31-21-19-30(20-22-31)29-17-15-26(16-18-29)10-9-25-11-13-27(14-12-25)23-24(2)28-7-5-4-6-8-28/h4-8,19-22,24-27,29H,3,9-18,23H2,1-2H3/t24-,25?,26?,27?,29?/m0/s1. The Morgan fingerprint density at radius 3 is 1.88 bits per heavy atom. The van der Waals surface area contributed by atoms with E-state index in [-0.39, 0.29) is 0 Å². The predicted molar refractivity (Wildman–Crippen MR) is 136 cm³/mol. The molecule has 0 spiro atoms. The van der Waals surface area contributed by atoms with Crippen molar-refractivity contribution in [3.05, 3.63) is 65.7 Å². The van der Waals surface area contributed by atoms with Gasteiger partial charge in [0.25, 0.3) is 0 Å². The van der Waals surface area contributed by atoms with Crippen LogP contribution in [0.3, 0.4) is 0 Å². The molecule has 0 N–H and O–H groups in total. The summed E-state index contributed by atoms with van der Waals surface area (Å²) in [5, 5.41) is 0. The molecule has 2 aliphatic carbocycles. The van der Waals surface area contributed by atoms with Gasteiger partial charge in [-0.3, -0.25) is 0 Å². The van der Waals surface area contributed by atoms with Crippen molar-refractivity contribution in [1.82, 2.24) is 0 Å². The molecule has 174 valence electrons. The molecule has 0 aliphatic heterocycles. The average molecular weight is 433 g/mol. The molecule has 0 heterocycles. The van der Waals surface area contributed by atoms with E-state index in [0.29, 0.717) is 5.92 Å². The van der Waals surface area contributed by atoms with E-state index in [1.165, 1.54) is 81.8 Å². The van der Waals surface area contributed by atoms with Crippen LogP contribution < -0.4 is 4.74 Å². The Labute approximate surface area is 197 Å². The Balaban J connectivity index is 1.12. The molecule has 4 rings (SSSR count). The van der Waals surface area contributed by atoms with Crippen LogP contribution in [-0.4, -0.2) is 6.61 Å². The minimum atomic E-state index is 0.711. The van der Waals surface area contributed by atoms with Gasteiger partial charge >= 0.3 is 0 Å². The Hall–Kier alpha value is -1.76. The Kier molecular flexibility index (Phi) is 8.71. The van der Waals surface area contributed by atoms with Crippen molar-refractivity contribution in [3.8, 4) is 5.75 Å². The molecule has 0 unspecified atom stereocenters. The minimum Gasteiger partial charge on any atom is -0.494 e. The summed E-state index contributed by atoms with van der Waals surface area (Å²) in [6.45, 7) is 5.22. The molecule has 0 saturated heterocycles. The molecule has 32 heavy (non-hydrogen) atoms. The Morgan fingerprint density at radius 2 is 1.28 bits per heavy atom. The summed E-state index contributed by atoms with van der Waals surface area (Å²) in [7, 11) is 0. The summed E-state index contributed by atoms with van der Waals surface area (Å²) < 4.78 is 5.60. The highest BCUT2D eigenvalue weighted by Crippen LogP contribution is 2.41. The quantitative estimate of drug-likeness (QED) is 0.384. The first-order valence-electron chi connectivity index (χ1n) is 13.5. The van der Waals surface area contributed by atoms with E-state index in [2.05, 4.69) is 61.5 Å². The van der Waals surface area contributed by atoms with Crippen LogP contribution in [0.15, 0.2) is 54.6 Å². The van der Waals surface area contributed by atoms with E-state index in [1.807, 2.05) is 6.92 Å². The normalized spacial score (nSPS) is 27.1. The molecule has 0 bridgehead atoms. The van der Waals surface area contributed by atoms with Gasteiger partial charge in [-0.25, -0.2) is 0 Å². The number of benzene rings is 2. The van der Waals surface area contributed by atoms with Crippen LogP contribution in [0.1, 0.15) is 107 Å². The van der Waals surface area contributed by atoms with E-state index < -0.39 is 0 Å². The first kappa shape index (κ1) is 23.4. The molecule has 0 aromatic heterocycles. The zero-order valence-electron chi connectivity index (χ0n) is 20.5. The summed E-state index contributed by atoms with van der Waals surface area (Å²) in [5.41, 5.74) is 3.05. The fraction of sp³-hybridized carbons (Fsp3) is 0.613. The van der Waals surface area contributed by atoms with Crippen molar-refractivity contribution in [2.24, 2.45) is 17.8 Å². The van der Waals surface area contributed by atoms with Crippen LogP contribution in [0.4, 0.5) is 0 Å². The molecule has 2 aromatic rings. The van der Waals surface area contributed by atoms with Crippen molar-refractivity contribution in [2.75, 3.05) is 6.61 Å². The number of rotatable bonds is 9. The lowest BCUT2D eigenvalue weighted by atomic mass is 9.73. The van der Waals surface area contributed by atoms with E-state index in [1.54, 1.807) is 0 Å². The second-order valence-electron chi connectivity index (χ2n) is 10.7. The van der Waals surface area contributed by atoms with E-state index >= 15 is 0 Å². The van der Waals surface area contributed by atoms with Crippen LogP contribution in [0.5, 0.6) is 5.75 Å². The van der Waals surface area contributed by atoms with Crippen molar-refractivity contribution >= 4 is 0 Å². The van der Waals surface area contributed by atoms with Gasteiger partial charge in [0.1, 0.15) is 5.75 Å². The van der Waals surface area contributed by atoms with Crippen molar-refractivity contribution < 1.29 is 4.74 Å². The molecule has 1 nitrogen and oxygen atoms in total. The first-order valence-corrected chi connectivity index (χ1v) is 13.5. The topological polar surface area (TPSA) is 9.23 Å². The summed E-state index contributed by atoms with van der Waals surface area (Å²) in [6.07, 6.45) is 15.9. The third-order valence-electron chi connectivity index (χ3n) is 8.51. The van der Waals surface area contributed by atoms with Gasteiger partial charge in [0.05, 0.1) is 6.61 Å². The maximum absolute atomic E-state index is 5.60. The molecular weight excluding hydrogens is 388 g/mol. The van der Waals surface area contributed by atoms with E-state index in [9.17, 15) is 0 Å². The van der Waals surface area contributed by atoms with Gasteiger partial charge in [0, 0.05) is 0 Å². The van der Waals surface area contributed by atoms with Crippen LogP contribution >= 0.6 is 0 Å². The van der Waals surface area contributed by atoms with Crippen LogP contribution in [0.25, 0.3) is 0 Å². The van der Waals surface area contributed by atoms with E-state index in [4.69, 9.17) is 4.74 Å². The molecule has 1 atom stereocenters. The molecule has 0 amide bonds. The fourth-order valence-corrected chi connectivity index (χ4v) is 6.43. The fourth-order valence-electron chi connectivity index (χ4n) is 6.43. The Bertz CT molecular complexity index is 764. The second-order valence-corrected chi connectivity index (χ2v) is 10.7. The molecule has 1 heteroatoms. The predicted octanol–water partition coefficient (Wildman–Crippen LogP) is 9.14. The monoisotopic (exact) mass is 432 g/mol. The summed E-state index contributed by atoms with van der Waals surface area (Å²) >= 11 is 0. The summed E-state index contributed by atoms with van der Waals surface area (Å²) in [6, 6.07) is 20.0. The van der Waals surface area contributed by atoms with Crippen LogP contribution in [0.2, 0.25) is 0 Å². The van der Waals surface area contributed by atoms with Gasteiger partial charge in [0.2, 0.25) is 0 Å². The zero-order chi connectivity index (χ0) is 22.2. The first-order chi connectivity index (χ1) is 15.7. The van der Waals surface area contributed by atoms with Gasteiger partial charge < -0.3 is 4.74 Å². The zero-order valence-corrected chi connectivity index (χ0v) is 20.5. The van der Waals surface area contributed by atoms with Gasteiger partial charge in [-0.2, -0.15) is 0 Å². The van der Waals surface area contributed by atoms with Gasteiger partial charge in [-0.05, 0) is 91.9 Å². The average Bonchev–Trinajstić information content (AvgIpc) is 2.85. The summed E-state index contributed by atoms with van der Waals surface area (Å²) in [4.78, 5) is 0. The molecular formula is C31H44O. The molecule has 2 fully saturated rings. The van der Waals surface area contributed by atoms with Crippen LogP contribution in [0, 0.1) is 17.8 Å². The number of hydrogen-bond acceptors (Lipinski definition) is 1. The maximum atomic E-state index is 5.60. The van der Waals surface area contributed by atoms with Crippen molar-refractivity contribution in [2.45, 2.75) is 96.3 Å². The van der Waals surface area contributed by atoms with Gasteiger partial charge in [-0.1, -0.05) is 87.9 Å². The third kappa shape index (κ3) is 6.63. The molecule has 2 aromatic carbocycles. The van der Waals surface area contributed by atoms with Crippen LogP contribution in [-0.2, 0) is 0 Å². The largest absolute Gasteiger partial charge is 0.494 e. The highest BCUT2D eigenvalue weighted by atomic mass is 16.5. The smallest absolute Gasteiger partial charge is 0.119 e. The number of ether oxygens (including phenoxy) is 1. The SMILES string of the molecule is CCOc1ccc(C2CCC(CCC3CCC(C[C@H](C)c4ccccc4)CC3)CC2)cc1. The third-order valence-corrected chi connectivity index (χ3v) is 8.51. The second kappa shape index (κ2) is 11.9. The highest BCUT2D eigenvalue weighted by molar-refractivity contribution is 5.29. The van der Waals surface area contributed by atoms with Crippen molar-refractivity contribution in [1.29, 1.82) is 0 Å². The summed E-state index contributed by atoms with van der Waals surface area (Å²) in [5.74, 6) is 5.42. The lowest BCUT2D eigenvalue weighted by Gasteiger charge is -2.33. The van der Waals surface area contributed by atoms with Crippen molar-refractivity contribution in [3.63, 3.8) is 0 Å². The maximum Gasteiger partial charge on any atom is 0.119 e. The van der Waals surface area contributed by atoms with Gasteiger partial charge in [0.15, 0.2) is 0 Å². The lowest BCUT2D eigenvalue weighted by molar-refractivity contribution is 0.220. The molecule has 0 radical (unpaired) electrons. The lowest BCUT2D eigenvalue weighted by Crippen LogP contribution is -2.18. The molecule has 2 saturated carbocycles. The Morgan fingerprint density at radius 1 is 0.719 bits per heavy atom. The van der Waals surface area contributed by atoms with E-state index in [0.717, 1.165) is 36.0 Å².